The minimum absolute atomic E-state index is 0.144. The van der Waals surface area contributed by atoms with Gasteiger partial charge in [0, 0.05) is 61.2 Å². The maximum atomic E-state index is 5.22. The van der Waals surface area contributed by atoms with E-state index in [0.717, 1.165) is 79.6 Å². The van der Waals surface area contributed by atoms with Gasteiger partial charge in [0.15, 0.2) is 11.6 Å². The van der Waals surface area contributed by atoms with Crippen LogP contribution >= 0.6 is 0 Å². The minimum atomic E-state index is -0.263. The van der Waals surface area contributed by atoms with Crippen LogP contribution in [0.1, 0.15) is 47.6 Å². The zero-order valence-electron chi connectivity index (χ0n) is 43.3. The van der Waals surface area contributed by atoms with Gasteiger partial charge in [0.2, 0.25) is 0 Å². The van der Waals surface area contributed by atoms with Gasteiger partial charge in [-0.15, -0.1) is 0 Å². The first-order chi connectivity index (χ1) is 38.4. The van der Waals surface area contributed by atoms with Crippen molar-refractivity contribution in [2.45, 2.75) is 31.6 Å². The SMILES string of the molecule is CC1(C)c2cc3c(cc2-c2cc4c5ccccc5n(-c5cccc(-c6nc(-c7ccccc7)cc(-c7ccccc7)n6)c5)c4cc21)-c1ccccc1C(c1cccc(-c2nc(-c4ccccc4)cc(-c4ccccc4)n2)c1)C3. The highest BCUT2D eigenvalue weighted by molar-refractivity contribution is 6.12. The Balaban J connectivity index is 0.824. The molecule has 5 nitrogen and oxygen atoms in total. The Morgan fingerprint density at radius 3 is 1.45 bits per heavy atom. The van der Waals surface area contributed by atoms with E-state index < -0.39 is 0 Å². The fraction of sp³-hybridized carbons (Fsp3) is 0.0685. The summed E-state index contributed by atoms with van der Waals surface area (Å²) in [6.07, 6.45) is 0.883. The molecule has 1 atom stereocenters. The van der Waals surface area contributed by atoms with Gasteiger partial charge in [0.05, 0.1) is 33.8 Å². The van der Waals surface area contributed by atoms with E-state index in [4.69, 9.17) is 19.9 Å². The van der Waals surface area contributed by atoms with E-state index in [0.29, 0.717) is 5.82 Å². The predicted octanol–water partition coefficient (Wildman–Crippen LogP) is 18.0. The molecule has 2 aliphatic rings. The highest BCUT2D eigenvalue weighted by Crippen LogP contribution is 2.55. The number of fused-ring (bicyclic) bond motifs is 9. The van der Waals surface area contributed by atoms with E-state index in [9.17, 15) is 0 Å². The quantitative estimate of drug-likeness (QED) is 0.152. The summed E-state index contributed by atoms with van der Waals surface area (Å²) in [7, 11) is 0. The highest BCUT2D eigenvalue weighted by Gasteiger charge is 2.39. The smallest absolute Gasteiger partial charge is 0.160 e. The van der Waals surface area contributed by atoms with Crippen LogP contribution in [0.25, 0.3) is 118 Å². The summed E-state index contributed by atoms with van der Waals surface area (Å²) in [5, 5.41) is 2.46. The number of aromatic nitrogens is 5. The van der Waals surface area contributed by atoms with Crippen LogP contribution in [-0.4, -0.2) is 24.5 Å². The van der Waals surface area contributed by atoms with Crippen LogP contribution in [0.15, 0.2) is 255 Å². The zero-order valence-corrected chi connectivity index (χ0v) is 43.3. The minimum Gasteiger partial charge on any atom is -0.309 e. The van der Waals surface area contributed by atoms with E-state index in [1.165, 1.54) is 66.4 Å². The Bertz CT molecular complexity index is 4370. The van der Waals surface area contributed by atoms with Gasteiger partial charge in [-0.25, -0.2) is 19.9 Å². The second-order valence-corrected chi connectivity index (χ2v) is 21.4. The van der Waals surface area contributed by atoms with Crippen molar-refractivity contribution in [1.82, 2.24) is 24.5 Å². The first kappa shape index (κ1) is 45.5. The van der Waals surface area contributed by atoms with E-state index in [2.05, 4.69) is 249 Å². The molecule has 0 aliphatic heterocycles. The molecular weight excluding hydrogens is 947 g/mol. The molecule has 78 heavy (non-hydrogen) atoms. The van der Waals surface area contributed by atoms with Gasteiger partial charge in [0.25, 0.3) is 0 Å². The molecule has 13 aromatic rings. The summed E-state index contributed by atoms with van der Waals surface area (Å²) in [5.41, 5.74) is 24.9. The van der Waals surface area contributed by atoms with Gasteiger partial charge in [-0.1, -0.05) is 214 Å². The van der Waals surface area contributed by atoms with Crippen molar-refractivity contribution in [2.24, 2.45) is 0 Å². The molecule has 0 fully saturated rings. The average molecular weight is 998 g/mol. The Labute approximate surface area is 453 Å². The normalized spacial score (nSPS) is 13.9. The number of benzene rings is 10. The molecule has 1 unspecified atom stereocenters. The number of hydrogen-bond acceptors (Lipinski definition) is 4. The van der Waals surface area contributed by atoms with Crippen LogP contribution in [0.3, 0.4) is 0 Å². The maximum absolute atomic E-state index is 5.22. The molecular formula is C73H51N5. The van der Waals surface area contributed by atoms with Gasteiger partial charge in [-0.05, 0) is 111 Å². The topological polar surface area (TPSA) is 56.5 Å². The summed E-state index contributed by atoms with van der Waals surface area (Å²) < 4.78 is 2.44. The van der Waals surface area contributed by atoms with Crippen LogP contribution < -0.4 is 0 Å². The third-order valence-electron chi connectivity index (χ3n) is 16.4. The molecule has 10 aromatic carbocycles. The Morgan fingerprint density at radius 2 is 0.846 bits per heavy atom. The molecule has 0 amide bonds. The van der Waals surface area contributed by atoms with Crippen LogP contribution in [0.4, 0.5) is 0 Å². The van der Waals surface area contributed by atoms with Gasteiger partial charge in [-0.3, -0.25) is 0 Å². The first-order valence-corrected chi connectivity index (χ1v) is 27.0. The lowest BCUT2D eigenvalue weighted by Crippen LogP contribution is -2.17. The van der Waals surface area contributed by atoms with Crippen molar-refractivity contribution in [3.63, 3.8) is 0 Å². The van der Waals surface area contributed by atoms with Crippen molar-refractivity contribution in [3.05, 3.63) is 283 Å². The molecule has 0 saturated carbocycles. The van der Waals surface area contributed by atoms with Crippen molar-refractivity contribution in [2.75, 3.05) is 0 Å². The van der Waals surface area contributed by atoms with Crippen molar-refractivity contribution in [1.29, 1.82) is 0 Å². The lowest BCUT2D eigenvalue weighted by molar-refractivity contribution is 0.658. The summed E-state index contributed by atoms with van der Waals surface area (Å²) in [6, 6.07) is 91.5. The van der Waals surface area contributed by atoms with Gasteiger partial charge < -0.3 is 4.57 Å². The lowest BCUT2D eigenvalue weighted by Gasteiger charge is -2.30. The Morgan fingerprint density at radius 1 is 0.359 bits per heavy atom. The van der Waals surface area contributed by atoms with Gasteiger partial charge in [0.1, 0.15) is 0 Å². The molecule has 5 heteroatoms. The van der Waals surface area contributed by atoms with Crippen LogP contribution in [0.5, 0.6) is 0 Å². The third-order valence-corrected chi connectivity index (χ3v) is 16.4. The molecule has 0 radical (unpaired) electrons. The Kier molecular flexibility index (Phi) is 10.6. The molecule has 3 aromatic heterocycles. The molecule has 0 bridgehead atoms. The predicted molar refractivity (Wildman–Crippen MR) is 320 cm³/mol. The van der Waals surface area contributed by atoms with Crippen molar-refractivity contribution < 1.29 is 0 Å². The highest BCUT2D eigenvalue weighted by atomic mass is 15.0. The standard InChI is InChI=1S/C73H51N5/c1-73(2)63-40-53-39-58(50-29-19-30-51(37-50)71-74-65(46-21-7-3-8-22-46)44-66(75-71)47-23-9-4-10-24-47)55-33-15-16-34-56(55)59(53)41-60(63)61-42-62-57-35-17-18-36-69(57)78(70(62)43-64(61)73)54-32-20-31-52(38-54)72-76-67(48-25-11-5-12-26-48)45-68(77-72)49-27-13-6-14-28-49/h3-38,40-45,58H,39H2,1-2H3. The van der Waals surface area contributed by atoms with Crippen molar-refractivity contribution in [3.8, 4) is 95.7 Å². The van der Waals surface area contributed by atoms with Gasteiger partial charge >= 0.3 is 0 Å². The Hall–Kier alpha value is -9.84. The van der Waals surface area contributed by atoms with E-state index in [1.807, 2.05) is 24.3 Å². The lowest BCUT2D eigenvalue weighted by atomic mass is 9.73. The van der Waals surface area contributed by atoms with E-state index in [-0.39, 0.29) is 11.3 Å². The summed E-state index contributed by atoms with van der Waals surface area (Å²) in [5.74, 6) is 1.56. The van der Waals surface area contributed by atoms with E-state index >= 15 is 0 Å². The zero-order chi connectivity index (χ0) is 51.9. The molecule has 3 heterocycles. The fourth-order valence-corrected chi connectivity index (χ4v) is 12.5. The second-order valence-electron chi connectivity index (χ2n) is 21.4. The largest absolute Gasteiger partial charge is 0.309 e. The number of para-hydroxylation sites is 1. The van der Waals surface area contributed by atoms with Crippen LogP contribution in [0.2, 0.25) is 0 Å². The molecule has 0 saturated heterocycles. The average Bonchev–Trinajstić information content (AvgIpc) is 4.12. The molecule has 0 spiro atoms. The second kappa shape index (κ2) is 18.2. The van der Waals surface area contributed by atoms with E-state index in [1.54, 1.807) is 0 Å². The summed E-state index contributed by atoms with van der Waals surface area (Å²) in [4.78, 5) is 20.9. The third kappa shape index (κ3) is 7.61. The summed E-state index contributed by atoms with van der Waals surface area (Å²) in [6.45, 7) is 4.83. The summed E-state index contributed by atoms with van der Waals surface area (Å²) >= 11 is 0. The molecule has 15 rings (SSSR count). The number of hydrogen-bond donors (Lipinski definition) is 0. The van der Waals surface area contributed by atoms with Crippen molar-refractivity contribution >= 4 is 21.8 Å². The van der Waals surface area contributed by atoms with Crippen LogP contribution in [0, 0.1) is 0 Å². The monoisotopic (exact) mass is 997 g/mol. The first-order valence-electron chi connectivity index (χ1n) is 27.0. The molecule has 0 N–H and O–H groups in total. The number of rotatable bonds is 8. The maximum Gasteiger partial charge on any atom is 0.160 e. The molecule has 368 valence electrons. The molecule has 2 aliphatic carbocycles. The fourth-order valence-electron chi connectivity index (χ4n) is 12.5. The number of nitrogens with zero attached hydrogens (tertiary/aromatic N) is 5. The van der Waals surface area contributed by atoms with Gasteiger partial charge in [-0.2, -0.15) is 0 Å². The van der Waals surface area contributed by atoms with Crippen LogP contribution in [-0.2, 0) is 11.8 Å².